The molecule has 2 atom stereocenters. The largest absolute Gasteiger partial charge is 0.378 e. The molecule has 4 heteroatoms. The fourth-order valence-corrected chi connectivity index (χ4v) is 3.33. The lowest BCUT2D eigenvalue weighted by atomic mass is 9.91. The molecule has 1 amide bonds. The SMILES string of the molecule is CCCC(CC(=O)N(C)CCC1CCCCO1)c1ccc(F)cc1. The normalized spacial score (nSPS) is 19.0. The number of halogens is 1. The van der Waals surface area contributed by atoms with Crippen molar-refractivity contribution in [2.75, 3.05) is 20.2 Å². The van der Waals surface area contributed by atoms with E-state index in [4.69, 9.17) is 4.74 Å². The van der Waals surface area contributed by atoms with Crippen LogP contribution in [-0.2, 0) is 9.53 Å². The summed E-state index contributed by atoms with van der Waals surface area (Å²) in [6, 6.07) is 6.57. The molecule has 24 heavy (non-hydrogen) atoms. The number of carbonyl (C=O) groups is 1. The summed E-state index contributed by atoms with van der Waals surface area (Å²) >= 11 is 0. The number of rotatable bonds is 8. The van der Waals surface area contributed by atoms with Crippen LogP contribution in [-0.4, -0.2) is 37.1 Å². The first-order chi connectivity index (χ1) is 11.6. The summed E-state index contributed by atoms with van der Waals surface area (Å²) < 4.78 is 18.9. The van der Waals surface area contributed by atoms with Crippen molar-refractivity contribution >= 4 is 5.91 Å². The lowest BCUT2D eigenvalue weighted by Crippen LogP contribution is -2.32. The van der Waals surface area contributed by atoms with Gasteiger partial charge in [-0.25, -0.2) is 4.39 Å². The van der Waals surface area contributed by atoms with E-state index in [1.165, 1.54) is 18.6 Å². The third-order valence-corrected chi connectivity index (χ3v) is 4.89. The number of carbonyl (C=O) groups excluding carboxylic acids is 1. The van der Waals surface area contributed by atoms with E-state index in [2.05, 4.69) is 6.92 Å². The Balaban J connectivity index is 1.85. The van der Waals surface area contributed by atoms with Crippen LogP contribution in [0, 0.1) is 5.82 Å². The van der Waals surface area contributed by atoms with E-state index in [1.54, 1.807) is 12.1 Å². The molecule has 1 fully saturated rings. The molecule has 0 spiro atoms. The molecule has 134 valence electrons. The smallest absolute Gasteiger partial charge is 0.222 e. The summed E-state index contributed by atoms with van der Waals surface area (Å²) in [6.07, 6.45) is 7.14. The molecule has 0 aliphatic carbocycles. The van der Waals surface area contributed by atoms with E-state index in [9.17, 15) is 9.18 Å². The van der Waals surface area contributed by atoms with E-state index < -0.39 is 0 Å². The molecule has 0 radical (unpaired) electrons. The Morgan fingerprint density at radius 1 is 1.33 bits per heavy atom. The zero-order chi connectivity index (χ0) is 17.4. The van der Waals surface area contributed by atoms with Crippen molar-refractivity contribution in [1.82, 2.24) is 4.90 Å². The van der Waals surface area contributed by atoms with E-state index >= 15 is 0 Å². The quantitative estimate of drug-likeness (QED) is 0.699. The maximum absolute atomic E-state index is 13.1. The fraction of sp³-hybridized carbons (Fsp3) is 0.650. The number of nitrogens with zero attached hydrogens (tertiary/aromatic N) is 1. The van der Waals surface area contributed by atoms with Gasteiger partial charge in [-0.2, -0.15) is 0 Å². The summed E-state index contributed by atoms with van der Waals surface area (Å²) in [7, 11) is 1.87. The standard InChI is InChI=1S/C20H30FNO2/c1-3-6-17(16-8-10-18(21)11-9-16)15-20(23)22(2)13-12-19-7-4-5-14-24-19/h8-11,17,19H,3-7,12-15H2,1-2H3. The first-order valence-electron chi connectivity index (χ1n) is 9.21. The molecule has 2 rings (SSSR count). The Bertz CT molecular complexity index is 497. The summed E-state index contributed by atoms with van der Waals surface area (Å²) in [6.45, 7) is 3.71. The first-order valence-corrected chi connectivity index (χ1v) is 9.21. The molecular weight excluding hydrogens is 305 g/mol. The summed E-state index contributed by atoms with van der Waals surface area (Å²) in [4.78, 5) is 14.4. The maximum Gasteiger partial charge on any atom is 0.222 e. The number of benzene rings is 1. The van der Waals surface area contributed by atoms with Crippen LogP contribution in [0.4, 0.5) is 4.39 Å². The van der Waals surface area contributed by atoms with Crippen molar-refractivity contribution in [2.45, 2.75) is 63.9 Å². The van der Waals surface area contributed by atoms with Gasteiger partial charge in [0, 0.05) is 26.6 Å². The highest BCUT2D eigenvalue weighted by molar-refractivity contribution is 5.76. The molecule has 0 N–H and O–H groups in total. The van der Waals surface area contributed by atoms with Crippen molar-refractivity contribution < 1.29 is 13.9 Å². The third-order valence-electron chi connectivity index (χ3n) is 4.89. The molecule has 1 aliphatic heterocycles. The first kappa shape index (κ1) is 18.9. The number of hydrogen-bond donors (Lipinski definition) is 0. The lowest BCUT2D eigenvalue weighted by molar-refractivity contribution is -0.130. The van der Waals surface area contributed by atoms with Crippen molar-refractivity contribution in [3.05, 3.63) is 35.6 Å². The van der Waals surface area contributed by atoms with E-state index in [1.807, 2.05) is 11.9 Å². The second-order valence-electron chi connectivity index (χ2n) is 6.83. The monoisotopic (exact) mass is 335 g/mol. The Kier molecular flexibility index (Phi) is 7.70. The van der Waals surface area contributed by atoms with Crippen LogP contribution in [0.25, 0.3) is 0 Å². The summed E-state index contributed by atoms with van der Waals surface area (Å²) in [5.74, 6) is 0.0926. The predicted molar refractivity (Wildman–Crippen MR) is 94.5 cm³/mol. The topological polar surface area (TPSA) is 29.5 Å². The molecule has 3 nitrogen and oxygen atoms in total. The number of amides is 1. The van der Waals surface area contributed by atoms with Crippen LogP contribution >= 0.6 is 0 Å². The van der Waals surface area contributed by atoms with Crippen LogP contribution in [0.3, 0.4) is 0 Å². The second kappa shape index (κ2) is 9.77. The van der Waals surface area contributed by atoms with Crippen LogP contribution in [0.5, 0.6) is 0 Å². The van der Waals surface area contributed by atoms with E-state index in [0.717, 1.165) is 50.8 Å². The zero-order valence-electron chi connectivity index (χ0n) is 15.0. The lowest BCUT2D eigenvalue weighted by Gasteiger charge is -2.26. The highest BCUT2D eigenvalue weighted by Crippen LogP contribution is 2.26. The van der Waals surface area contributed by atoms with Gasteiger partial charge < -0.3 is 9.64 Å². The van der Waals surface area contributed by atoms with Crippen LogP contribution in [0.1, 0.15) is 63.4 Å². The molecule has 1 aromatic carbocycles. The molecule has 0 aromatic heterocycles. The van der Waals surface area contributed by atoms with Crippen molar-refractivity contribution in [3.63, 3.8) is 0 Å². The van der Waals surface area contributed by atoms with Gasteiger partial charge in [0.05, 0.1) is 6.10 Å². The molecule has 1 saturated heterocycles. The van der Waals surface area contributed by atoms with E-state index in [-0.39, 0.29) is 17.6 Å². The molecule has 1 heterocycles. The fourth-order valence-electron chi connectivity index (χ4n) is 3.33. The summed E-state index contributed by atoms with van der Waals surface area (Å²) in [5.41, 5.74) is 1.05. The van der Waals surface area contributed by atoms with Crippen LogP contribution < -0.4 is 0 Å². The van der Waals surface area contributed by atoms with Gasteiger partial charge in [-0.15, -0.1) is 0 Å². The van der Waals surface area contributed by atoms with Crippen LogP contribution in [0.2, 0.25) is 0 Å². The highest BCUT2D eigenvalue weighted by atomic mass is 19.1. The van der Waals surface area contributed by atoms with Crippen molar-refractivity contribution in [2.24, 2.45) is 0 Å². The van der Waals surface area contributed by atoms with Gasteiger partial charge in [0.2, 0.25) is 5.91 Å². The minimum atomic E-state index is -0.232. The van der Waals surface area contributed by atoms with Gasteiger partial charge in [-0.3, -0.25) is 4.79 Å². The van der Waals surface area contributed by atoms with Gasteiger partial charge in [-0.1, -0.05) is 25.5 Å². The van der Waals surface area contributed by atoms with Crippen molar-refractivity contribution in [1.29, 1.82) is 0 Å². The molecule has 2 unspecified atom stereocenters. The van der Waals surface area contributed by atoms with Gasteiger partial charge in [0.1, 0.15) is 5.82 Å². The predicted octanol–water partition coefficient (Wildman–Crippen LogP) is 4.52. The van der Waals surface area contributed by atoms with Gasteiger partial charge in [0.25, 0.3) is 0 Å². The number of ether oxygens (including phenoxy) is 1. The van der Waals surface area contributed by atoms with Crippen LogP contribution in [0.15, 0.2) is 24.3 Å². The zero-order valence-corrected chi connectivity index (χ0v) is 15.0. The number of hydrogen-bond acceptors (Lipinski definition) is 2. The maximum atomic E-state index is 13.1. The van der Waals surface area contributed by atoms with Gasteiger partial charge in [0.15, 0.2) is 0 Å². The third kappa shape index (κ3) is 5.90. The highest BCUT2D eigenvalue weighted by Gasteiger charge is 2.20. The Morgan fingerprint density at radius 3 is 2.71 bits per heavy atom. The molecule has 0 bridgehead atoms. The molecule has 1 aliphatic rings. The van der Waals surface area contributed by atoms with Crippen molar-refractivity contribution in [3.8, 4) is 0 Å². The Morgan fingerprint density at radius 2 is 2.08 bits per heavy atom. The van der Waals surface area contributed by atoms with Gasteiger partial charge >= 0.3 is 0 Å². The van der Waals surface area contributed by atoms with Gasteiger partial charge in [-0.05, 0) is 55.7 Å². The molecule has 0 saturated carbocycles. The minimum Gasteiger partial charge on any atom is -0.378 e. The average Bonchev–Trinajstić information content (AvgIpc) is 2.60. The van der Waals surface area contributed by atoms with E-state index in [0.29, 0.717) is 12.5 Å². The molecule has 1 aromatic rings. The Hall–Kier alpha value is -1.42. The minimum absolute atomic E-state index is 0.161. The summed E-state index contributed by atoms with van der Waals surface area (Å²) in [5, 5.41) is 0. The Labute approximate surface area is 145 Å². The average molecular weight is 335 g/mol. The second-order valence-corrected chi connectivity index (χ2v) is 6.83. The molecular formula is C20H30FNO2.